The zero-order chi connectivity index (χ0) is 17.2. The fourth-order valence-electron chi connectivity index (χ4n) is 3.31. The summed E-state index contributed by atoms with van der Waals surface area (Å²) in [4.78, 5) is 15.5. The van der Waals surface area contributed by atoms with E-state index in [2.05, 4.69) is 15.6 Å². The van der Waals surface area contributed by atoms with Crippen molar-refractivity contribution in [3.63, 3.8) is 0 Å². The van der Waals surface area contributed by atoms with Gasteiger partial charge in [0.05, 0.1) is 0 Å². The van der Waals surface area contributed by atoms with E-state index in [-0.39, 0.29) is 24.0 Å². The molecule has 0 heterocycles. The van der Waals surface area contributed by atoms with Gasteiger partial charge in [-0.15, -0.1) is 24.0 Å². The van der Waals surface area contributed by atoms with Crippen molar-refractivity contribution in [1.29, 1.82) is 0 Å². The highest BCUT2D eigenvalue weighted by molar-refractivity contribution is 14.0. The van der Waals surface area contributed by atoms with Gasteiger partial charge < -0.3 is 16.4 Å². The van der Waals surface area contributed by atoms with Crippen LogP contribution in [0.25, 0.3) is 0 Å². The number of guanidine groups is 1. The maximum Gasteiger partial charge on any atom is 0.248 e. The standard InChI is InChI=1S/C19H30N4O.HI/c1-21-19(22-12-6-10-15-7-3-2-4-8-15)23-14-16-9-5-11-17(13-16)18(20)24;/h5,9,11,13,15H,2-4,6-8,10,12,14H2,1H3,(H2,20,24)(H2,21,22,23);1H. The second kappa shape index (κ2) is 12.1. The quantitative estimate of drug-likeness (QED) is 0.254. The van der Waals surface area contributed by atoms with Gasteiger partial charge in [0.1, 0.15) is 0 Å². The Kier molecular flexibility index (Phi) is 10.5. The Balaban J connectivity index is 0.00000312. The molecular formula is C19H31IN4O. The fourth-order valence-corrected chi connectivity index (χ4v) is 3.31. The molecule has 0 aliphatic heterocycles. The molecule has 1 aliphatic carbocycles. The van der Waals surface area contributed by atoms with E-state index < -0.39 is 5.91 Å². The van der Waals surface area contributed by atoms with Gasteiger partial charge in [0.25, 0.3) is 0 Å². The van der Waals surface area contributed by atoms with Crippen LogP contribution in [0.1, 0.15) is 60.9 Å². The highest BCUT2D eigenvalue weighted by atomic mass is 127. The third-order valence-corrected chi connectivity index (χ3v) is 4.70. The highest BCUT2D eigenvalue weighted by Crippen LogP contribution is 2.26. The van der Waals surface area contributed by atoms with Gasteiger partial charge >= 0.3 is 0 Å². The van der Waals surface area contributed by atoms with Crippen LogP contribution in [0.2, 0.25) is 0 Å². The van der Waals surface area contributed by atoms with E-state index in [0.717, 1.165) is 24.0 Å². The number of carbonyl (C=O) groups excluding carboxylic acids is 1. The number of aliphatic imine (C=N–C) groups is 1. The summed E-state index contributed by atoms with van der Waals surface area (Å²) in [6, 6.07) is 7.35. The number of nitrogens with one attached hydrogen (secondary N) is 2. The lowest BCUT2D eigenvalue weighted by Crippen LogP contribution is -2.37. The number of halogens is 1. The first-order valence-electron chi connectivity index (χ1n) is 9.02. The molecule has 1 fully saturated rings. The van der Waals surface area contributed by atoms with E-state index in [0.29, 0.717) is 12.1 Å². The minimum Gasteiger partial charge on any atom is -0.366 e. The Labute approximate surface area is 168 Å². The minimum absolute atomic E-state index is 0. The third-order valence-electron chi connectivity index (χ3n) is 4.70. The summed E-state index contributed by atoms with van der Waals surface area (Å²) in [6.07, 6.45) is 9.54. The van der Waals surface area contributed by atoms with Crippen LogP contribution in [0.15, 0.2) is 29.3 Å². The zero-order valence-corrected chi connectivity index (χ0v) is 17.4. The summed E-state index contributed by atoms with van der Waals surface area (Å²) < 4.78 is 0. The molecule has 0 bridgehead atoms. The lowest BCUT2D eigenvalue weighted by atomic mass is 9.86. The minimum atomic E-state index is -0.401. The van der Waals surface area contributed by atoms with E-state index in [1.807, 2.05) is 18.2 Å². The summed E-state index contributed by atoms with van der Waals surface area (Å²) in [7, 11) is 1.77. The largest absolute Gasteiger partial charge is 0.366 e. The Hall–Kier alpha value is -1.31. The van der Waals surface area contributed by atoms with E-state index in [9.17, 15) is 4.79 Å². The predicted octanol–water partition coefficient (Wildman–Crippen LogP) is 3.43. The monoisotopic (exact) mass is 458 g/mol. The van der Waals surface area contributed by atoms with Crippen molar-refractivity contribution >= 4 is 35.8 Å². The Morgan fingerprint density at radius 2 is 2.00 bits per heavy atom. The van der Waals surface area contributed by atoms with Crippen LogP contribution in [-0.4, -0.2) is 25.5 Å². The summed E-state index contributed by atoms with van der Waals surface area (Å²) in [5.41, 5.74) is 6.85. The molecule has 1 aliphatic rings. The molecule has 0 radical (unpaired) electrons. The smallest absolute Gasteiger partial charge is 0.248 e. The number of nitrogens with two attached hydrogens (primary N) is 1. The average Bonchev–Trinajstić information content (AvgIpc) is 2.62. The van der Waals surface area contributed by atoms with Gasteiger partial charge in [0.2, 0.25) is 5.91 Å². The van der Waals surface area contributed by atoms with Crippen LogP contribution < -0.4 is 16.4 Å². The molecule has 0 unspecified atom stereocenters. The van der Waals surface area contributed by atoms with E-state index in [4.69, 9.17) is 5.73 Å². The normalized spacial score (nSPS) is 15.3. The molecule has 0 atom stereocenters. The number of nitrogens with zero attached hydrogens (tertiary/aromatic N) is 1. The number of hydrogen-bond acceptors (Lipinski definition) is 2. The fraction of sp³-hybridized carbons (Fsp3) is 0.579. The molecule has 25 heavy (non-hydrogen) atoms. The van der Waals surface area contributed by atoms with Gasteiger partial charge in [-0.25, -0.2) is 0 Å². The first-order valence-corrected chi connectivity index (χ1v) is 9.02. The summed E-state index contributed by atoms with van der Waals surface area (Å²) in [6.45, 7) is 1.56. The molecule has 4 N–H and O–H groups in total. The van der Waals surface area contributed by atoms with Crippen molar-refractivity contribution in [2.45, 2.75) is 51.5 Å². The van der Waals surface area contributed by atoms with Crippen LogP contribution in [0.4, 0.5) is 0 Å². The molecule has 5 nitrogen and oxygen atoms in total. The van der Waals surface area contributed by atoms with Gasteiger partial charge in [-0.3, -0.25) is 9.79 Å². The first-order chi connectivity index (χ1) is 11.7. The van der Waals surface area contributed by atoms with Crippen LogP contribution in [0, 0.1) is 5.92 Å². The van der Waals surface area contributed by atoms with Crippen LogP contribution in [0.3, 0.4) is 0 Å². The van der Waals surface area contributed by atoms with Gasteiger partial charge in [-0.05, 0) is 36.5 Å². The van der Waals surface area contributed by atoms with E-state index >= 15 is 0 Å². The Bertz CT molecular complexity index is 556. The molecule has 2 rings (SSSR count). The molecule has 1 saturated carbocycles. The molecule has 0 saturated heterocycles. The topological polar surface area (TPSA) is 79.5 Å². The molecule has 140 valence electrons. The summed E-state index contributed by atoms with van der Waals surface area (Å²) in [5.74, 6) is 1.32. The van der Waals surface area contributed by atoms with Crippen LogP contribution >= 0.6 is 24.0 Å². The zero-order valence-electron chi connectivity index (χ0n) is 15.1. The molecule has 0 aromatic heterocycles. The second-order valence-electron chi connectivity index (χ2n) is 6.56. The Morgan fingerprint density at radius 1 is 1.24 bits per heavy atom. The number of primary amides is 1. The lowest BCUT2D eigenvalue weighted by molar-refractivity contribution is 0.1000. The maximum absolute atomic E-state index is 11.2. The van der Waals surface area contributed by atoms with Crippen molar-refractivity contribution < 1.29 is 4.79 Å². The Morgan fingerprint density at radius 3 is 2.68 bits per heavy atom. The molecule has 6 heteroatoms. The highest BCUT2D eigenvalue weighted by Gasteiger charge is 2.12. The number of rotatable bonds is 7. The van der Waals surface area contributed by atoms with Crippen molar-refractivity contribution in [3.8, 4) is 0 Å². The van der Waals surface area contributed by atoms with Crippen molar-refractivity contribution in [3.05, 3.63) is 35.4 Å². The average molecular weight is 458 g/mol. The predicted molar refractivity (Wildman–Crippen MR) is 114 cm³/mol. The summed E-state index contributed by atoms with van der Waals surface area (Å²) in [5, 5.41) is 6.64. The number of benzene rings is 1. The van der Waals surface area contributed by atoms with Crippen molar-refractivity contribution in [2.24, 2.45) is 16.6 Å². The second-order valence-corrected chi connectivity index (χ2v) is 6.56. The molecule has 1 amide bonds. The van der Waals surface area contributed by atoms with E-state index in [1.54, 1.807) is 13.1 Å². The van der Waals surface area contributed by atoms with Crippen LogP contribution in [0.5, 0.6) is 0 Å². The van der Waals surface area contributed by atoms with Crippen LogP contribution in [-0.2, 0) is 6.54 Å². The molecule has 1 aromatic carbocycles. The van der Waals surface area contributed by atoms with E-state index in [1.165, 1.54) is 44.9 Å². The molecule has 1 aromatic rings. The number of carbonyl (C=O) groups is 1. The maximum atomic E-state index is 11.2. The van der Waals surface area contributed by atoms with Crippen molar-refractivity contribution in [1.82, 2.24) is 10.6 Å². The number of hydrogen-bond donors (Lipinski definition) is 3. The summed E-state index contributed by atoms with van der Waals surface area (Å²) >= 11 is 0. The molecule has 0 spiro atoms. The van der Waals surface area contributed by atoms with Gasteiger partial charge in [0.15, 0.2) is 5.96 Å². The molecular weight excluding hydrogens is 427 g/mol. The van der Waals surface area contributed by atoms with Gasteiger partial charge in [-0.1, -0.05) is 44.2 Å². The van der Waals surface area contributed by atoms with Gasteiger partial charge in [-0.2, -0.15) is 0 Å². The number of amides is 1. The third kappa shape index (κ3) is 8.07. The SMILES string of the molecule is CN=C(NCCCC1CCCCC1)NCc1cccc(C(N)=O)c1.I. The first kappa shape index (κ1) is 21.7. The lowest BCUT2D eigenvalue weighted by Gasteiger charge is -2.21. The van der Waals surface area contributed by atoms with Gasteiger partial charge in [0, 0.05) is 25.7 Å². The van der Waals surface area contributed by atoms with Crippen molar-refractivity contribution in [2.75, 3.05) is 13.6 Å².